The molecule has 1 atom stereocenters. The van der Waals surface area contributed by atoms with Crippen LogP contribution in [-0.2, 0) is 40.1 Å². The Hall–Kier alpha value is -2.82. The number of amides is 1. The second-order valence-corrected chi connectivity index (χ2v) is 7.48. The summed E-state index contributed by atoms with van der Waals surface area (Å²) in [5.74, 6) is -0.0247. The minimum Gasteiger partial charge on any atom is -0.482 e. The molecule has 0 saturated heterocycles. The molecule has 1 aliphatic heterocycles. The second-order valence-electron chi connectivity index (χ2n) is 7.48. The monoisotopic (exact) mass is 379 g/mol. The Balaban J connectivity index is 1.28. The summed E-state index contributed by atoms with van der Waals surface area (Å²) in [6.45, 7) is 2.63. The first-order valence-corrected chi connectivity index (χ1v) is 9.90. The van der Waals surface area contributed by atoms with E-state index in [1.54, 1.807) is 11.8 Å². The number of benzene rings is 2. The molecule has 2 aliphatic rings. The number of rotatable bonds is 5. The van der Waals surface area contributed by atoms with Crippen LogP contribution in [-0.4, -0.2) is 36.0 Å². The van der Waals surface area contributed by atoms with Gasteiger partial charge in [-0.3, -0.25) is 4.79 Å². The minimum absolute atomic E-state index is 0.166. The van der Waals surface area contributed by atoms with Gasteiger partial charge >= 0.3 is 5.97 Å². The Labute approximate surface area is 165 Å². The van der Waals surface area contributed by atoms with Crippen molar-refractivity contribution in [1.29, 1.82) is 0 Å². The third-order valence-corrected chi connectivity index (χ3v) is 5.52. The van der Waals surface area contributed by atoms with Gasteiger partial charge in [0.15, 0.2) is 12.7 Å². The fourth-order valence-electron chi connectivity index (χ4n) is 4.00. The van der Waals surface area contributed by atoms with Crippen molar-refractivity contribution in [2.24, 2.45) is 0 Å². The quantitative estimate of drug-likeness (QED) is 0.750. The molecule has 0 bridgehead atoms. The van der Waals surface area contributed by atoms with Crippen LogP contribution in [0.1, 0.15) is 35.6 Å². The van der Waals surface area contributed by atoms with Crippen LogP contribution in [0.4, 0.5) is 0 Å². The number of ether oxygens (including phenoxy) is 2. The molecule has 0 spiro atoms. The maximum Gasteiger partial charge on any atom is 0.344 e. The van der Waals surface area contributed by atoms with E-state index >= 15 is 0 Å². The molecule has 0 fully saturated rings. The summed E-state index contributed by atoms with van der Waals surface area (Å²) in [6, 6.07) is 14.1. The van der Waals surface area contributed by atoms with Crippen molar-refractivity contribution in [1.82, 2.24) is 4.90 Å². The van der Waals surface area contributed by atoms with E-state index in [9.17, 15) is 9.59 Å². The summed E-state index contributed by atoms with van der Waals surface area (Å²) in [4.78, 5) is 26.5. The van der Waals surface area contributed by atoms with Crippen LogP contribution in [0.3, 0.4) is 0 Å². The molecule has 146 valence electrons. The molecule has 2 aromatic rings. The second kappa shape index (κ2) is 8.05. The molecule has 28 heavy (non-hydrogen) atoms. The predicted octanol–water partition coefficient (Wildman–Crippen LogP) is 3.07. The summed E-state index contributed by atoms with van der Waals surface area (Å²) in [5, 5.41) is 0. The molecule has 0 radical (unpaired) electrons. The molecule has 5 nitrogen and oxygen atoms in total. The average molecular weight is 379 g/mol. The van der Waals surface area contributed by atoms with Crippen molar-refractivity contribution in [3.63, 3.8) is 0 Å². The van der Waals surface area contributed by atoms with Gasteiger partial charge in [0.25, 0.3) is 5.91 Å². The number of nitrogens with zero attached hydrogens (tertiary/aromatic N) is 1. The third-order valence-electron chi connectivity index (χ3n) is 5.52. The van der Waals surface area contributed by atoms with Crippen LogP contribution >= 0.6 is 0 Å². The number of carbonyl (C=O) groups is 2. The van der Waals surface area contributed by atoms with Crippen molar-refractivity contribution in [2.45, 2.75) is 45.3 Å². The zero-order valence-corrected chi connectivity index (χ0v) is 16.1. The lowest BCUT2D eigenvalue weighted by molar-refractivity contribution is -0.161. The Morgan fingerprint density at radius 1 is 1.00 bits per heavy atom. The first-order chi connectivity index (χ1) is 13.6. The topological polar surface area (TPSA) is 55.8 Å². The Kier molecular flexibility index (Phi) is 5.33. The lowest BCUT2D eigenvalue weighted by Crippen LogP contribution is -2.43. The van der Waals surface area contributed by atoms with Crippen molar-refractivity contribution in [2.75, 3.05) is 13.2 Å². The zero-order valence-electron chi connectivity index (χ0n) is 16.1. The van der Waals surface area contributed by atoms with E-state index in [1.807, 2.05) is 30.3 Å². The Morgan fingerprint density at radius 3 is 2.61 bits per heavy atom. The molecule has 5 heteroatoms. The minimum atomic E-state index is -0.818. The van der Waals surface area contributed by atoms with Gasteiger partial charge in [-0.25, -0.2) is 4.79 Å². The van der Waals surface area contributed by atoms with Crippen LogP contribution < -0.4 is 4.74 Å². The standard InChI is InChI=1S/C23H25NO4/c1-16(23(26)24-12-11-18-5-2-3-6-20(18)14-24)28-22(25)15-27-21-10-9-17-7-4-8-19(17)13-21/h2-3,5-6,9-10,13,16H,4,7-8,11-12,14-15H2,1H3/t16-/m0/s1. The molecule has 0 aromatic heterocycles. The van der Waals surface area contributed by atoms with E-state index in [-0.39, 0.29) is 12.5 Å². The number of hydrogen-bond donors (Lipinski definition) is 0. The SMILES string of the molecule is C[C@H](OC(=O)COc1ccc2c(c1)CCC2)C(=O)N1CCc2ccccc2C1. The van der Waals surface area contributed by atoms with Crippen LogP contribution in [0, 0.1) is 0 Å². The highest BCUT2D eigenvalue weighted by Gasteiger charge is 2.27. The summed E-state index contributed by atoms with van der Waals surface area (Å²) < 4.78 is 10.9. The predicted molar refractivity (Wildman–Crippen MR) is 105 cm³/mol. The molecular weight excluding hydrogens is 354 g/mol. The highest BCUT2D eigenvalue weighted by atomic mass is 16.6. The number of esters is 1. The van der Waals surface area contributed by atoms with E-state index in [4.69, 9.17) is 9.47 Å². The van der Waals surface area contributed by atoms with E-state index in [1.165, 1.54) is 23.1 Å². The summed E-state index contributed by atoms with van der Waals surface area (Å²) in [6.07, 6.45) is 3.34. The number of aryl methyl sites for hydroxylation is 2. The van der Waals surface area contributed by atoms with Gasteiger partial charge in [0.2, 0.25) is 0 Å². The number of hydrogen-bond acceptors (Lipinski definition) is 4. The fraction of sp³-hybridized carbons (Fsp3) is 0.391. The van der Waals surface area contributed by atoms with Crippen LogP contribution in [0.5, 0.6) is 5.75 Å². The molecule has 2 aromatic carbocycles. The zero-order chi connectivity index (χ0) is 19.5. The van der Waals surface area contributed by atoms with Crippen molar-refractivity contribution in [3.05, 3.63) is 64.7 Å². The number of fused-ring (bicyclic) bond motifs is 2. The fourth-order valence-corrected chi connectivity index (χ4v) is 4.00. The Morgan fingerprint density at radius 2 is 1.75 bits per heavy atom. The van der Waals surface area contributed by atoms with Gasteiger partial charge in [-0.1, -0.05) is 30.3 Å². The molecular formula is C23H25NO4. The summed E-state index contributed by atoms with van der Waals surface area (Å²) in [7, 11) is 0. The Bertz CT molecular complexity index is 892. The van der Waals surface area contributed by atoms with Crippen LogP contribution in [0.2, 0.25) is 0 Å². The van der Waals surface area contributed by atoms with Gasteiger partial charge in [-0.15, -0.1) is 0 Å². The molecule has 4 rings (SSSR count). The summed E-state index contributed by atoms with van der Waals surface area (Å²) >= 11 is 0. The van der Waals surface area contributed by atoms with Gasteiger partial charge in [-0.05, 0) is 67.0 Å². The average Bonchev–Trinajstić information content (AvgIpc) is 3.19. The van der Waals surface area contributed by atoms with E-state index < -0.39 is 12.1 Å². The van der Waals surface area contributed by atoms with E-state index in [0.717, 1.165) is 24.8 Å². The van der Waals surface area contributed by atoms with Crippen molar-refractivity contribution >= 4 is 11.9 Å². The van der Waals surface area contributed by atoms with Gasteiger partial charge in [0, 0.05) is 13.1 Å². The summed E-state index contributed by atoms with van der Waals surface area (Å²) in [5.41, 5.74) is 5.08. The highest BCUT2D eigenvalue weighted by molar-refractivity contribution is 5.84. The molecule has 0 N–H and O–H groups in total. The smallest absolute Gasteiger partial charge is 0.344 e. The van der Waals surface area contributed by atoms with Gasteiger partial charge < -0.3 is 14.4 Å². The molecule has 1 heterocycles. The van der Waals surface area contributed by atoms with Crippen LogP contribution in [0.15, 0.2) is 42.5 Å². The van der Waals surface area contributed by atoms with Gasteiger partial charge in [-0.2, -0.15) is 0 Å². The van der Waals surface area contributed by atoms with Crippen molar-refractivity contribution in [3.8, 4) is 5.75 Å². The largest absolute Gasteiger partial charge is 0.482 e. The van der Waals surface area contributed by atoms with Crippen LogP contribution in [0.25, 0.3) is 0 Å². The molecule has 1 amide bonds. The van der Waals surface area contributed by atoms with E-state index in [2.05, 4.69) is 12.1 Å². The van der Waals surface area contributed by atoms with Crippen molar-refractivity contribution < 1.29 is 19.1 Å². The normalized spacial score (nSPS) is 16.1. The highest BCUT2D eigenvalue weighted by Crippen LogP contribution is 2.26. The third kappa shape index (κ3) is 4.03. The lowest BCUT2D eigenvalue weighted by atomic mass is 9.99. The number of carbonyl (C=O) groups excluding carboxylic acids is 2. The van der Waals surface area contributed by atoms with Gasteiger partial charge in [0.05, 0.1) is 0 Å². The maximum absolute atomic E-state index is 12.7. The lowest BCUT2D eigenvalue weighted by Gasteiger charge is -2.30. The van der Waals surface area contributed by atoms with Gasteiger partial charge in [0.1, 0.15) is 5.75 Å². The van der Waals surface area contributed by atoms with E-state index in [0.29, 0.717) is 18.8 Å². The molecule has 0 saturated carbocycles. The first kappa shape index (κ1) is 18.5. The molecule has 1 aliphatic carbocycles. The molecule has 0 unspecified atom stereocenters. The first-order valence-electron chi connectivity index (χ1n) is 9.90. The maximum atomic E-state index is 12.7.